The lowest BCUT2D eigenvalue weighted by Gasteiger charge is -2.11. The molecule has 0 spiro atoms. The van der Waals surface area contributed by atoms with Crippen LogP contribution in [0.4, 0.5) is 23.4 Å². The monoisotopic (exact) mass is 474 g/mol. The molecule has 1 aliphatic carbocycles. The first kappa shape index (κ1) is 23.7. The summed E-state index contributed by atoms with van der Waals surface area (Å²) in [6, 6.07) is 5.25. The predicted molar refractivity (Wildman–Crippen MR) is 118 cm³/mol. The molecule has 10 heteroatoms. The number of carbonyl (C=O) groups is 1. The number of aromatic nitrogens is 3. The highest BCUT2D eigenvalue weighted by molar-refractivity contribution is 5.98. The van der Waals surface area contributed by atoms with Crippen molar-refractivity contribution in [2.75, 3.05) is 18.5 Å². The SMILES string of the molecule is Cc1cc(-c2cnc3c(NCCC(F)(F)F)nc(C#CCO)cn23)ccc1C(=O)CC1C[C@@H]1F. The van der Waals surface area contributed by atoms with Crippen LogP contribution >= 0.6 is 0 Å². The van der Waals surface area contributed by atoms with Gasteiger partial charge in [-0.25, -0.2) is 14.4 Å². The fraction of sp³-hybridized carbons (Fsp3) is 0.375. The molecule has 1 unspecified atom stereocenters. The summed E-state index contributed by atoms with van der Waals surface area (Å²) >= 11 is 0. The lowest BCUT2D eigenvalue weighted by Crippen LogP contribution is -2.16. The number of aryl methyl sites for hydroxylation is 1. The molecule has 1 aliphatic rings. The molecule has 178 valence electrons. The van der Waals surface area contributed by atoms with E-state index in [0.29, 0.717) is 23.3 Å². The van der Waals surface area contributed by atoms with Crippen LogP contribution in [0.15, 0.2) is 30.6 Å². The molecule has 1 saturated carbocycles. The first-order valence-corrected chi connectivity index (χ1v) is 10.7. The second-order valence-electron chi connectivity index (χ2n) is 8.23. The van der Waals surface area contributed by atoms with Gasteiger partial charge in [0.2, 0.25) is 0 Å². The number of rotatable bonds is 7. The third kappa shape index (κ3) is 5.37. The minimum atomic E-state index is -4.32. The van der Waals surface area contributed by atoms with Crippen molar-refractivity contribution in [3.63, 3.8) is 0 Å². The molecule has 6 nitrogen and oxygen atoms in total. The predicted octanol–water partition coefficient (Wildman–Crippen LogP) is 4.34. The Morgan fingerprint density at radius 1 is 1.35 bits per heavy atom. The third-order valence-electron chi connectivity index (χ3n) is 5.60. The summed E-state index contributed by atoms with van der Waals surface area (Å²) in [5.74, 6) is 4.98. The Labute approximate surface area is 193 Å². The highest BCUT2D eigenvalue weighted by Crippen LogP contribution is 2.38. The summed E-state index contributed by atoms with van der Waals surface area (Å²) in [7, 11) is 0. The summed E-state index contributed by atoms with van der Waals surface area (Å²) in [5, 5.41) is 11.7. The summed E-state index contributed by atoms with van der Waals surface area (Å²) in [6.45, 7) is 1.01. The van der Waals surface area contributed by atoms with Crippen LogP contribution in [-0.4, -0.2) is 50.8 Å². The number of alkyl halides is 4. The maximum atomic E-state index is 13.2. The fourth-order valence-corrected chi connectivity index (χ4v) is 3.74. The van der Waals surface area contributed by atoms with Crippen molar-refractivity contribution < 1.29 is 27.5 Å². The van der Waals surface area contributed by atoms with Crippen molar-refractivity contribution in [3.05, 3.63) is 47.4 Å². The third-order valence-corrected chi connectivity index (χ3v) is 5.60. The molecule has 2 aromatic heterocycles. The molecule has 1 fully saturated rings. The van der Waals surface area contributed by atoms with E-state index < -0.39 is 25.4 Å². The molecular formula is C24H22F4N4O2. The van der Waals surface area contributed by atoms with Gasteiger partial charge in [0.1, 0.15) is 18.5 Å². The first-order valence-electron chi connectivity index (χ1n) is 10.7. The van der Waals surface area contributed by atoms with Gasteiger partial charge in [-0.3, -0.25) is 9.20 Å². The molecule has 2 heterocycles. The minimum absolute atomic E-state index is 0.103. The standard InChI is InChI=1S/C24H22F4N4O2/c1-14-9-15(4-5-18(14)21(34)11-16-10-19(16)25)20-12-30-23-22(29-7-6-24(26,27)28)31-17(3-2-8-33)13-32(20)23/h4-5,9,12-13,16,19,33H,6-8,10-11H2,1H3,(H,29,31)/t16?,19-/m0/s1. The van der Waals surface area contributed by atoms with E-state index in [-0.39, 0.29) is 36.2 Å². The van der Waals surface area contributed by atoms with Gasteiger partial charge in [0.25, 0.3) is 0 Å². The van der Waals surface area contributed by atoms with Crippen LogP contribution in [0.3, 0.4) is 0 Å². The number of benzene rings is 1. The van der Waals surface area contributed by atoms with Crippen LogP contribution in [0.1, 0.15) is 40.9 Å². The average molecular weight is 474 g/mol. The van der Waals surface area contributed by atoms with E-state index in [1.54, 1.807) is 35.9 Å². The van der Waals surface area contributed by atoms with Crippen LogP contribution in [0.2, 0.25) is 0 Å². The Morgan fingerprint density at radius 3 is 2.76 bits per heavy atom. The number of aliphatic hydroxyl groups is 1. The largest absolute Gasteiger partial charge is 0.390 e. The Bertz CT molecular complexity index is 1290. The van der Waals surface area contributed by atoms with Gasteiger partial charge in [-0.05, 0) is 30.9 Å². The highest BCUT2D eigenvalue weighted by atomic mass is 19.4. The van der Waals surface area contributed by atoms with E-state index in [9.17, 15) is 22.4 Å². The lowest BCUT2D eigenvalue weighted by molar-refractivity contribution is -0.131. The van der Waals surface area contributed by atoms with E-state index in [2.05, 4.69) is 27.1 Å². The van der Waals surface area contributed by atoms with Gasteiger partial charge in [0.15, 0.2) is 17.2 Å². The molecule has 0 bridgehead atoms. The number of anilines is 1. The zero-order chi connectivity index (χ0) is 24.5. The highest BCUT2D eigenvalue weighted by Gasteiger charge is 2.39. The first-order chi connectivity index (χ1) is 16.2. The maximum Gasteiger partial charge on any atom is 0.390 e. The maximum absolute atomic E-state index is 13.2. The minimum Gasteiger partial charge on any atom is -0.384 e. The van der Waals surface area contributed by atoms with E-state index in [1.165, 1.54) is 0 Å². The number of Topliss-reactive ketones (excluding diaryl/α,β-unsaturated/α-hetero) is 1. The zero-order valence-corrected chi connectivity index (χ0v) is 18.3. The van der Waals surface area contributed by atoms with Gasteiger partial charge in [0, 0.05) is 36.2 Å². The molecule has 3 aromatic rings. The van der Waals surface area contributed by atoms with Gasteiger partial charge in [-0.15, -0.1) is 0 Å². The number of imidazole rings is 1. The molecule has 1 aromatic carbocycles. The van der Waals surface area contributed by atoms with Gasteiger partial charge < -0.3 is 10.4 Å². The van der Waals surface area contributed by atoms with Gasteiger partial charge in [-0.2, -0.15) is 13.2 Å². The number of aliphatic hydroxyl groups excluding tert-OH is 1. The van der Waals surface area contributed by atoms with Crippen molar-refractivity contribution >= 4 is 17.2 Å². The topological polar surface area (TPSA) is 79.5 Å². The fourth-order valence-electron chi connectivity index (χ4n) is 3.74. The van der Waals surface area contributed by atoms with Crippen molar-refractivity contribution in [3.8, 4) is 23.1 Å². The molecular weight excluding hydrogens is 452 g/mol. The number of fused-ring (bicyclic) bond motifs is 1. The van der Waals surface area contributed by atoms with Gasteiger partial charge in [-0.1, -0.05) is 18.1 Å². The van der Waals surface area contributed by atoms with Crippen molar-refractivity contribution in [1.82, 2.24) is 14.4 Å². The van der Waals surface area contributed by atoms with Gasteiger partial charge in [0.05, 0.1) is 18.3 Å². The normalized spacial score (nSPS) is 17.4. The number of halogens is 4. The van der Waals surface area contributed by atoms with Crippen LogP contribution in [0.25, 0.3) is 16.9 Å². The lowest BCUT2D eigenvalue weighted by atomic mass is 9.98. The van der Waals surface area contributed by atoms with E-state index in [4.69, 9.17) is 5.11 Å². The molecule has 0 saturated heterocycles. The molecule has 34 heavy (non-hydrogen) atoms. The van der Waals surface area contributed by atoms with Crippen LogP contribution in [-0.2, 0) is 0 Å². The second kappa shape index (κ2) is 9.43. The Hall–Kier alpha value is -3.45. The van der Waals surface area contributed by atoms with E-state index in [1.807, 2.05) is 6.07 Å². The van der Waals surface area contributed by atoms with Crippen LogP contribution < -0.4 is 5.32 Å². The Kier molecular flexibility index (Phi) is 6.57. The van der Waals surface area contributed by atoms with E-state index >= 15 is 0 Å². The zero-order valence-electron chi connectivity index (χ0n) is 18.3. The average Bonchev–Trinajstić information content (AvgIpc) is 3.28. The molecule has 2 atom stereocenters. The molecule has 0 aliphatic heterocycles. The number of nitrogens with zero attached hydrogens (tertiary/aromatic N) is 3. The summed E-state index contributed by atoms with van der Waals surface area (Å²) < 4.78 is 52.6. The second-order valence-corrected chi connectivity index (χ2v) is 8.23. The molecule has 0 radical (unpaired) electrons. The molecule has 2 N–H and O–H groups in total. The number of hydrogen-bond acceptors (Lipinski definition) is 5. The summed E-state index contributed by atoms with van der Waals surface area (Å²) in [5.41, 5.74) is 3.16. The van der Waals surface area contributed by atoms with Gasteiger partial charge >= 0.3 is 6.18 Å². The number of nitrogens with one attached hydrogen (secondary N) is 1. The van der Waals surface area contributed by atoms with Crippen LogP contribution in [0.5, 0.6) is 0 Å². The smallest absolute Gasteiger partial charge is 0.384 e. The number of ketones is 1. The summed E-state index contributed by atoms with van der Waals surface area (Å²) in [6.07, 6.45) is -2.50. The molecule has 4 rings (SSSR count). The van der Waals surface area contributed by atoms with Crippen molar-refractivity contribution in [2.45, 2.75) is 38.5 Å². The number of hydrogen-bond donors (Lipinski definition) is 2. The Balaban J connectivity index is 1.67. The number of carbonyl (C=O) groups excluding carboxylic acids is 1. The molecule has 0 amide bonds. The van der Waals surface area contributed by atoms with Crippen molar-refractivity contribution in [2.24, 2.45) is 5.92 Å². The van der Waals surface area contributed by atoms with Crippen molar-refractivity contribution in [1.29, 1.82) is 0 Å². The van der Waals surface area contributed by atoms with E-state index in [0.717, 1.165) is 11.1 Å². The Morgan fingerprint density at radius 2 is 2.12 bits per heavy atom. The quantitative estimate of drug-likeness (QED) is 0.303. The summed E-state index contributed by atoms with van der Waals surface area (Å²) in [4.78, 5) is 21.1. The van der Waals surface area contributed by atoms with Crippen LogP contribution in [0, 0.1) is 24.7 Å².